The van der Waals surface area contributed by atoms with Crippen LogP contribution in [0, 0.1) is 24.6 Å². The quantitative estimate of drug-likeness (QED) is 0.563. The topological polar surface area (TPSA) is 126 Å². The molecule has 0 unspecified atom stereocenters. The van der Waals surface area contributed by atoms with Gasteiger partial charge in [0.05, 0.1) is 23.7 Å². The van der Waals surface area contributed by atoms with Gasteiger partial charge in [0.2, 0.25) is 23.3 Å². The van der Waals surface area contributed by atoms with Gasteiger partial charge in [0.25, 0.3) is 5.91 Å². The maximum atomic E-state index is 13.7. The van der Waals surface area contributed by atoms with E-state index < -0.39 is 52.9 Å². The molecule has 4 atom stereocenters. The summed E-state index contributed by atoms with van der Waals surface area (Å²) in [6.45, 7) is 1.76. The first-order valence-electron chi connectivity index (χ1n) is 10.5. The van der Waals surface area contributed by atoms with Crippen LogP contribution >= 0.6 is 11.6 Å². The molecule has 2 fully saturated rings. The number of anilines is 1. The molecule has 33 heavy (non-hydrogen) atoms. The Morgan fingerprint density at radius 1 is 1.21 bits per heavy atom. The van der Waals surface area contributed by atoms with Gasteiger partial charge in [0.1, 0.15) is 23.7 Å². The van der Waals surface area contributed by atoms with Crippen LogP contribution in [0.1, 0.15) is 23.1 Å². The van der Waals surface area contributed by atoms with Gasteiger partial charge in [-0.3, -0.25) is 24.1 Å². The van der Waals surface area contributed by atoms with Crippen LogP contribution in [-0.2, 0) is 31.3 Å². The Bertz CT molecular complexity index is 1230. The molecule has 4 amide bonds. The number of hydrogen-bond donors (Lipinski definition) is 3. The summed E-state index contributed by atoms with van der Waals surface area (Å²) in [7, 11) is 0. The number of aryl methyl sites for hydroxylation is 1. The maximum absolute atomic E-state index is 13.7. The van der Waals surface area contributed by atoms with E-state index >= 15 is 0 Å². The number of carbonyl (C=O) groups excluding carboxylic acids is 4. The highest BCUT2D eigenvalue weighted by Crippen LogP contribution is 2.51. The second kappa shape index (κ2) is 7.36. The number of amides is 4. The molecule has 2 aromatic rings. The van der Waals surface area contributed by atoms with Crippen molar-refractivity contribution in [1.29, 1.82) is 0 Å². The fourth-order valence-corrected chi connectivity index (χ4v) is 5.88. The number of nitrogens with zero attached hydrogens (tertiary/aromatic N) is 1. The number of nitrogens with one attached hydrogen (secondary N) is 1. The molecule has 3 heterocycles. The van der Waals surface area contributed by atoms with Crippen LogP contribution in [0.15, 0.2) is 36.4 Å². The number of fused-ring (bicyclic) bond motifs is 4. The highest BCUT2D eigenvalue weighted by molar-refractivity contribution is 6.35. The molecule has 10 heteroatoms. The van der Waals surface area contributed by atoms with E-state index in [2.05, 4.69) is 5.32 Å². The number of primary amides is 1. The van der Waals surface area contributed by atoms with Crippen LogP contribution in [0.5, 0.6) is 0 Å². The van der Waals surface area contributed by atoms with Crippen molar-refractivity contribution in [3.63, 3.8) is 0 Å². The van der Waals surface area contributed by atoms with E-state index in [1.807, 2.05) is 6.92 Å². The number of imide groups is 1. The van der Waals surface area contributed by atoms with Crippen molar-refractivity contribution < 1.29 is 28.9 Å². The second-order valence-electron chi connectivity index (χ2n) is 8.89. The second-order valence-corrected chi connectivity index (χ2v) is 9.29. The predicted octanol–water partition coefficient (Wildman–Crippen LogP) is 0.557. The Kier molecular flexibility index (Phi) is 4.80. The van der Waals surface area contributed by atoms with Crippen LogP contribution < -0.4 is 16.4 Å². The lowest BCUT2D eigenvalue weighted by atomic mass is 9.76. The summed E-state index contributed by atoms with van der Waals surface area (Å²) in [6.07, 6.45) is -0.172. The number of hydrogen-bond acceptors (Lipinski definition) is 4. The Labute approximate surface area is 193 Å². The molecule has 0 aromatic heterocycles. The molecular weight excluding hydrogens is 451 g/mol. The van der Waals surface area contributed by atoms with Crippen molar-refractivity contribution in [2.24, 2.45) is 17.6 Å². The normalized spacial score (nSPS) is 27.8. The molecule has 0 bridgehead atoms. The van der Waals surface area contributed by atoms with Crippen molar-refractivity contribution >= 4 is 40.9 Å². The molecule has 2 aromatic carbocycles. The zero-order valence-electron chi connectivity index (χ0n) is 17.6. The smallest absolute Gasteiger partial charge is 0.291 e. The van der Waals surface area contributed by atoms with E-state index in [1.165, 1.54) is 24.3 Å². The van der Waals surface area contributed by atoms with Crippen LogP contribution in [0.3, 0.4) is 0 Å². The van der Waals surface area contributed by atoms with Crippen molar-refractivity contribution in [2.45, 2.75) is 31.5 Å². The third-order valence-corrected chi connectivity index (χ3v) is 7.15. The van der Waals surface area contributed by atoms with Gasteiger partial charge in [-0.05, 0) is 42.3 Å². The van der Waals surface area contributed by atoms with E-state index in [0.717, 1.165) is 10.5 Å². The minimum atomic E-state index is -1.44. The number of rotatable bonds is 4. The standard InChI is InChI=1S/C23H20ClFN4O4/c1-10-6-13-19(14(24)7-10)27-22(33)23(13)18-17(15(28-23)8-16(26)30)20(31)29(21(18)32)9-11-2-4-12(25)5-3-11/h2-7,15,17-18,28H,8-9H2,1H3,(H2,26,30)(H,27,33)/p+1/t15-,17+,18-,23-/m0/s1. The molecule has 5 rings (SSSR count). The van der Waals surface area contributed by atoms with Gasteiger partial charge in [-0.2, -0.15) is 0 Å². The fourth-order valence-electron chi connectivity index (χ4n) is 5.56. The Balaban J connectivity index is 1.62. The van der Waals surface area contributed by atoms with Crippen LogP contribution in [-0.4, -0.2) is 34.6 Å². The Morgan fingerprint density at radius 3 is 2.58 bits per heavy atom. The average Bonchev–Trinajstić information content (AvgIpc) is 3.31. The molecule has 2 saturated heterocycles. The van der Waals surface area contributed by atoms with Gasteiger partial charge >= 0.3 is 0 Å². The Morgan fingerprint density at radius 2 is 1.91 bits per heavy atom. The zero-order valence-corrected chi connectivity index (χ0v) is 18.4. The zero-order chi connectivity index (χ0) is 23.7. The third kappa shape index (κ3) is 3.07. The lowest BCUT2D eigenvalue weighted by Crippen LogP contribution is -2.99. The summed E-state index contributed by atoms with van der Waals surface area (Å²) in [4.78, 5) is 53.4. The number of benzene rings is 2. The highest BCUT2D eigenvalue weighted by Gasteiger charge is 2.74. The molecular formula is C23H21ClFN4O4+. The van der Waals surface area contributed by atoms with Gasteiger partial charge in [-0.15, -0.1) is 0 Å². The molecule has 1 spiro atoms. The van der Waals surface area contributed by atoms with Crippen molar-refractivity contribution in [1.82, 2.24) is 4.90 Å². The minimum absolute atomic E-state index is 0.0621. The van der Waals surface area contributed by atoms with Gasteiger partial charge in [0, 0.05) is 5.56 Å². The first-order valence-corrected chi connectivity index (χ1v) is 10.9. The van der Waals surface area contributed by atoms with E-state index in [0.29, 0.717) is 21.8 Å². The van der Waals surface area contributed by atoms with Crippen LogP contribution in [0.4, 0.5) is 10.1 Å². The van der Waals surface area contributed by atoms with Gasteiger partial charge < -0.3 is 16.4 Å². The predicted molar refractivity (Wildman–Crippen MR) is 115 cm³/mol. The summed E-state index contributed by atoms with van der Waals surface area (Å²) >= 11 is 6.38. The lowest BCUT2D eigenvalue weighted by Gasteiger charge is -2.26. The van der Waals surface area contributed by atoms with E-state index in [4.69, 9.17) is 17.3 Å². The average molecular weight is 472 g/mol. The summed E-state index contributed by atoms with van der Waals surface area (Å²) in [5.74, 6) is -4.47. The highest BCUT2D eigenvalue weighted by atomic mass is 35.5. The van der Waals surface area contributed by atoms with Gasteiger partial charge in [-0.1, -0.05) is 23.7 Å². The monoisotopic (exact) mass is 471 g/mol. The first-order chi connectivity index (χ1) is 15.6. The number of likely N-dealkylation sites (tertiary alicyclic amines) is 1. The van der Waals surface area contributed by atoms with Crippen molar-refractivity contribution in [2.75, 3.05) is 5.32 Å². The van der Waals surface area contributed by atoms with E-state index in [-0.39, 0.29) is 13.0 Å². The van der Waals surface area contributed by atoms with E-state index in [1.54, 1.807) is 17.4 Å². The fraction of sp³-hybridized carbons (Fsp3) is 0.304. The molecule has 0 saturated carbocycles. The largest absolute Gasteiger partial charge is 0.369 e. The molecule has 5 N–H and O–H groups in total. The molecule has 8 nitrogen and oxygen atoms in total. The lowest BCUT2D eigenvalue weighted by molar-refractivity contribution is -0.732. The van der Waals surface area contributed by atoms with Gasteiger partial charge in [0.15, 0.2) is 0 Å². The molecule has 170 valence electrons. The summed E-state index contributed by atoms with van der Waals surface area (Å²) in [5.41, 5.74) is 6.28. The maximum Gasteiger partial charge on any atom is 0.291 e. The summed E-state index contributed by atoms with van der Waals surface area (Å²) < 4.78 is 13.3. The first kappa shape index (κ1) is 21.5. The van der Waals surface area contributed by atoms with Gasteiger partial charge in [-0.25, -0.2) is 4.39 Å². The van der Waals surface area contributed by atoms with Crippen molar-refractivity contribution in [3.05, 3.63) is 63.9 Å². The minimum Gasteiger partial charge on any atom is -0.369 e. The summed E-state index contributed by atoms with van der Waals surface area (Å²) in [6, 6.07) is 8.27. The molecule has 0 radical (unpaired) electrons. The number of carbonyl (C=O) groups is 4. The summed E-state index contributed by atoms with van der Waals surface area (Å²) in [5, 5.41) is 4.74. The molecule has 0 aliphatic carbocycles. The van der Waals surface area contributed by atoms with Crippen molar-refractivity contribution in [3.8, 4) is 0 Å². The SMILES string of the molecule is Cc1cc(Cl)c2c(c1)[C@@]1([NH2+][C@@H](CC(N)=O)[C@H]3C(=O)N(Cc4ccc(F)cc4)C(=O)[C@H]31)C(=O)N2. The molecule has 3 aliphatic rings. The number of nitrogens with two attached hydrogens (primary N) is 2. The van der Waals surface area contributed by atoms with Crippen LogP contribution in [0.2, 0.25) is 5.02 Å². The molecule has 3 aliphatic heterocycles. The number of halogens is 2. The third-order valence-electron chi connectivity index (χ3n) is 6.86. The Hall–Kier alpha value is -3.30. The van der Waals surface area contributed by atoms with Crippen LogP contribution in [0.25, 0.3) is 0 Å². The number of quaternary nitrogens is 1. The van der Waals surface area contributed by atoms with E-state index in [9.17, 15) is 23.6 Å².